The maximum Gasteiger partial charge on any atom is 0.106 e. The predicted octanol–water partition coefficient (Wildman–Crippen LogP) is 1.42. The fourth-order valence-electron chi connectivity index (χ4n) is 1.53. The molecule has 1 aromatic rings. The van der Waals surface area contributed by atoms with E-state index in [1.807, 2.05) is 18.3 Å². The number of nitrogens with zero attached hydrogens (tertiary/aromatic N) is 2. The first-order chi connectivity index (χ1) is 6.25. The van der Waals surface area contributed by atoms with Crippen molar-refractivity contribution < 1.29 is 5.11 Å². The number of aliphatic hydroxyl groups is 1. The Morgan fingerprint density at radius 1 is 1.54 bits per heavy atom. The number of hydrogen-bond acceptors (Lipinski definition) is 3. The normalized spacial score (nSPS) is 22.3. The molecule has 1 aromatic heterocycles. The Morgan fingerprint density at radius 3 is 2.92 bits per heavy atom. The van der Waals surface area contributed by atoms with Crippen molar-refractivity contribution in [2.24, 2.45) is 0 Å². The minimum Gasteiger partial charge on any atom is -0.391 e. The Labute approximate surface area is 85.5 Å². The highest BCUT2D eigenvalue weighted by Gasteiger charge is 2.20. The van der Waals surface area contributed by atoms with Gasteiger partial charge in [-0.05, 0) is 34.5 Å². The Balaban J connectivity index is 2.13. The molecule has 70 valence electrons. The zero-order chi connectivity index (χ0) is 9.26. The molecule has 3 nitrogen and oxygen atoms in total. The quantitative estimate of drug-likeness (QED) is 0.757. The van der Waals surface area contributed by atoms with Crippen molar-refractivity contribution in [1.82, 2.24) is 4.98 Å². The van der Waals surface area contributed by atoms with Crippen molar-refractivity contribution in [1.29, 1.82) is 0 Å². The molecule has 1 atom stereocenters. The fourth-order valence-corrected chi connectivity index (χ4v) is 1.77. The van der Waals surface area contributed by atoms with Gasteiger partial charge >= 0.3 is 0 Å². The van der Waals surface area contributed by atoms with Gasteiger partial charge in [-0.15, -0.1) is 0 Å². The van der Waals surface area contributed by atoms with Crippen molar-refractivity contribution in [2.45, 2.75) is 12.5 Å². The summed E-state index contributed by atoms with van der Waals surface area (Å²) in [5.74, 6) is 0. The number of aromatic nitrogens is 1. The lowest BCUT2D eigenvalue weighted by Crippen LogP contribution is -2.21. The van der Waals surface area contributed by atoms with Gasteiger partial charge in [-0.3, -0.25) is 0 Å². The molecule has 2 rings (SSSR count). The molecule has 0 aromatic carbocycles. The van der Waals surface area contributed by atoms with Gasteiger partial charge in [0.25, 0.3) is 0 Å². The summed E-state index contributed by atoms with van der Waals surface area (Å²) >= 11 is 3.29. The van der Waals surface area contributed by atoms with Gasteiger partial charge in [0.05, 0.1) is 18.0 Å². The van der Waals surface area contributed by atoms with Gasteiger partial charge in [-0.1, -0.05) is 0 Å². The summed E-state index contributed by atoms with van der Waals surface area (Å²) < 4.78 is 0.844. The van der Waals surface area contributed by atoms with E-state index >= 15 is 0 Å². The van der Waals surface area contributed by atoms with Crippen LogP contribution < -0.4 is 4.90 Å². The molecule has 0 unspecified atom stereocenters. The van der Waals surface area contributed by atoms with E-state index in [1.54, 1.807) is 0 Å². The van der Waals surface area contributed by atoms with Crippen LogP contribution in [0.25, 0.3) is 0 Å². The van der Waals surface area contributed by atoms with Crippen molar-refractivity contribution >= 4 is 21.6 Å². The summed E-state index contributed by atoms with van der Waals surface area (Å²) in [6, 6.07) is 3.93. The molecule has 1 saturated heterocycles. The van der Waals surface area contributed by atoms with Gasteiger partial charge < -0.3 is 10.0 Å². The highest BCUT2D eigenvalue weighted by Crippen LogP contribution is 2.20. The lowest BCUT2D eigenvalue weighted by molar-refractivity contribution is 0.198. The van der Waals surface area contributed by atoms with Crippen molar-refractivity contribution in [2.75, 3.05) is 18.0 Å². The lowest BCUT2D eigenvalue weighted by atomic mass is 10.3. The number of rotatable bonds is 1. The first kappa shape index (κ1) is 8.97. The van der Waals surface area contributed by atoms with Gasteiger partial charge in [0.1, 0.15) is 4.60 Å². The van der Waals surface area contributed by atoms with E-state index in [-0.39, 0.29) is 6.10 Å². The molecule has 13 heavy (non-hydrogen) atoms. The van der Waals surface area contributed by atoms with Crippen molar-refractivity contribution in [3.05, 3.63) is 22.9 Å². The molecule has 1 N–H and O–H groups in total. The second-order valence-corrected chi connectivity index (χ2v) is 4.04. The number of hydrogen-bond donors (Lipinski definition) is 1. The molecule has 4 heteroatoms. The van der Waals surface area contributed by atoms with Crippen LogP contribution in [0, 0.1) is 0 Å². The molecular weight excluding hydrogens is 232 g/mol. The van der Waals surface area contributed by atoms with E-state index in [2.05, 4.69) is 25.8 Å². The summed E-state index contributed by atoms with van der Waals surface area (Å²) in [4.78, 5) is 6.29. The zero-order valence-corrected chi connectivity index (χ0v) is 8.74. The van der Waals surface area contributed by atoms with E-state index in [0.717, 1.165) is 29.8 Å². The van der Waals surface area contributed by atoms with Crippen molar-refractivity contribution in [3.63, 3.8) is 0 Å². The average Bonchev–Trinajstić information content (AvgIpc) is 2.53. The number of pyridine rings is 1. The van der Waals surface area contributed by atoms with Crippen LogP contribution in [-0.2, 0) is 0 Å². The van der Waals surface area contributed by atoms with Gasteiger partial charge in [0.15, 0.2) is 0 Å². The van der Waals surface area contributed by atoms with Gasteiger partial charge in [0, 0.05) is 13.1 Å². The van der Waals surface area contributed by atoms with E-state index < -0.39 is 0 Å². The molecule has 0 radical (unpaired) electrons. The molecule has 0 saturated carbocycles. The average molecular weight is 243 g/mol. The number of anilines is 1. The third-order valence-corrected chi connectivity index (χ3v) is 2.71. The summed E-state index contributed by atoms with van der Waals surface area (Å²) in [5.41, 5.74) is 1.08. The van der Waals surface area contributed by atoms with Crippen LogP contribution >= 0.6 is 15.9 Å². The first-order valence-electron chi connectivity index (χ1n) is 4.30. The Bertz CT molecular complexity index is 288. The molecule has 1 aliphatic rings. The van der Waals surface area contributed by atoms with Gasteiger partial charge in [-0.25, -0.2) is 4.98 Å². The Kier molecular flexibility index (Phi) is 2.51. The van der Waals surface area contributed by atoms with Crippen LogP contribution in [0.4, 0.5) is 5.69 Å². The zero-order valence-electron chi connectivity index (χ0n) is 7.15. The van der Waals surface area contributed by atoms with Gasteiger partial charge in [-0.2, -0.15) is 0 Å². The maximum atomic E-state index is 9.34. The molecule has 0 bridgehead atoms. The Morgan fingerprint density at radius 2 is 2.38 bits per heavy atom. The summed E-state index contributed by atoms with van der Waals surface area (Å²) in [5, 5.41) is 9.34. The largest absolute Gasteiger partial charge is 0.391 e. The summed E-state index contributed by atoms with van der Waals surface area (Å²) in [6.07, 6.45) is 2.50. The molecular formula is C9H11BrN2O. The maximum absolute atomic E-state index is 9.34. The van der Waals surface area contributed by atoms with Gasteiger partial charge in [0.2, 0.25) is 0 Å². The second-order valence-electron chi connectivity index (χ2n) is 3.23. The Hall–Kier alpha value is -0.610. The van der Waals surface area contributed by atoms with Crippen molar-refractivity contribution in [3.8, 4) is 0 Å². The first-order valence-corrected chi connectivity index (χ1v) is 5.09. The highest BCUT2D eigenvalue weighted by atomic mass is 79.9. The monoisotopic (exact) mass is 242 g/mol. The van der Waals surface area contributed by atoms with E-state index in [0.29, 0.717) is 0 Å². The highest BCUT2D eigenvalue weighted by molar-refractivity contribution is 9.10. The number of β-amino-alcohol motifs (C(OH)–C–C–N with tert-alkyl or cyclic N) is 1. The number of halogens is 1. The SMILES string of the molecule is O[C@H]1CCN(c2ccc(Br)nc2)C1. The third kappa shape index (κ3) is 2.00. The van der Waals surface area contributed by atoms with E-state index in [4.69, 9.17) is 0 Å². The molecule has 0 aliphatic carbocycles. The molecule has 1 fully saturated rings. The summed E-state index contributed by atoms with van der Waals surface area (Å²) in [6.45, 7) is 1.65. The van der Waals surface area contributed by atoms with Crippen LogP contribution in [0.5, 0.6) is 0 Å². The van der Waals surface area contributed by atoms with Crippen LogP contribution in [0.3, 0.4) is 0 Å². The standard InChI is InChI=1S/C9H11BrN2O/c10-9-2-1-7(5-11-9)12-4-3-8(13)6-12/h1-2,5,8,13H,3-4,6H2/t8-/m0/s1. The van der Waals surface area contributed by atoms with Crippen LogP contribution in [-0.4, -0.2) is 29.3 Å². The fraction of sp³-hybridized carbons (Fsp3) is 0.444. The topological polar surface area (TPSA) is 36.4 Å². The van der Waals surface area contributed by atoms with E-state index in [1.165, 1.54) is 0 Å². The van der Waals surface area contributed by atoms with Crippen LogP contribution in [0.2, 0.25) is 0 Å². The smallest absolute Gasteiger partial charge is 0.106 e. The molecule has 1 aliphatic heterocycles. The van der Waals surface area contributed by atoms with Crippen LogP contribution in [0.15, 0.2) is 22.9 Å². The number of aliphatic hydroxyl groups excluding tert-OH is 1. The molecule has 0 amide bonds. The predicted molar refractivity (Wildman–Crippen MR) is 54.8 cm³/mol. The minimum absolute atomic E-state index is 0.177. The minimum atomic E-state index is -0.177. The molecule has 2 heterocycles. The summed E-state index contributed by atoms with van der Waals surface area (Å²) in [7, 11) is 0. The van der Waals surface area contributed by atoms with E-state index in [9.17, 15) is 5.11 Å². The third-order valence-electron chi connectivity index (χ3n) is 2.24. The lowest BCUT2D eigenvalue weighted by Gasteiger charge is -2.16. The molecule has 0 spiro atoms. The van der Waals surface area contributed by atoms with Crippen LogP contribution in [0.1, 0.15) is 6.42 Å². The second kappa shape index (κ2) is 3.64.